The van der Waals surface area contributed by atoms with Gasteiger partial charge in [0.25, 0.3) is 5.69 Å². The van der Waals surface area contributed by atoms with Gasteiger partial charge < -0.3 is 15.7 Å². The first-order chi connectivity index (χ1) is 10.0. The van der Waals surface area contributed by atoms with Crippen molar-refractivity contribution in [2.24, 2.45) is 5.73 Å². The minimum absolute atomic E-state index is 0.105. The molecule has 1 saturated heterocycles. The van der Waals surface area contributed by atoms with Crippen molar-refractivity contribution in [1.29, 1.82) is 0 Å². The van der Waals surface area contributed by atoms with Crippen LogP contribution in [-0.2, 0) is 0 Å². The van der Waals surface area contributed by atoms with Gasteiger partial charge in [-0.25, -0.2) is 0 Å². The zero-order valence-corrected chi connectivity index (χ0v) is 11.6. The van der Waals surface area contributed by atoms with E-state index in [4.69, 9.17) is 10.8 Å². The molecule has 0 saturated carbocycles. The fourth-order valence-corrected chi connectivity index (χ4v) is 2.44. The average molecular weight is 294 g/mol. The second-order valence-corrected chi connectivity index (χ2v) is 4.88. The van der Waals surface area contributed by atoms with E-state index in [-0.39, 0.29) is 17.9 Å². The lowest BCUT2D eigenvalue weighted by Gasteiger charge is -2.35. The number of amides is 1. The third kappa shape index (κ3) is 3.47. The van der Waals surface area contributed by atoms with Crippen LogP contribution in [0.5, 0.6) is 0 Å². The van der Waals surface area contributed by atoms with Crippen LogP contribution in [0.25, 0.3) is 0 Å². The van der Waals surface area contributed by atoms with Gasteiger partial charge in [0, 0.05) is 44.4 Å². The summed E-state index contributed by atoms with van der Waals surface area (Å²) in [6, 6.07) is 4.29. The summed E-state index contributed by atoms with van der Waals surface area (Å²) in [6.07, 6.45) is 0. The summed E-state index contributed by atoms with van der Waals surface area (Å²) in [6.45, 7) is 3.45. The number of primary amides is 1. The van der Waals surface area contributed by atoms with Crippen molar-refractivity contribution in [1.82, 2.24) is 4.90 Å². The van der Waals surface area contributed by atoms with E-state index in [1.165, 1.54) is 12.1 Å². The second kappa shape index (κ2) is 6.51. The van der Waals surface area contributed by atoms with Gasteiger partial charge in [0.1, 0.15) is 5.69 Å². The number of nitrogens with two attached hydrogens (primary N) is 1. The first-order valence-electron chi connectivity index (χ1n) is 6.69. The van der Waals surface area contributed by atoms with E-state index in [2.05, 4.69) is 4.90 Å². The average Bonchev–Trinajstić information content (AvgIpc) is 2.47. The monoisotopic (exact) mass is 294 g/mol. The van der Waals surface area contributed by atoms with Crippen LogP contribution >= 0.6 is 0 Å². The number of nitro groups is 1. The molecule has 8 nitrogen and oxygen atoms in total. The van der Waals surface area contributed by atoms with Gasteiger partial charge in [-0.05, 0) is 12.1 Å². The van der Waals surface area contributed by atoms with Crippen LogP contribution in [0.15, 0.2) is 18.2 Å². The van der Waals surface area contributed by atoms with Gasteiger partial charge in [-0.15, -0.1) is 0 Å². The smallest absolute Gasteiger partial charge is 0.293 e. The third-order valence-electron chi connectivity index (χ3n) is 3.59. The molecule has 2 rings (SSSR count). The van der Waals surface area contributed by atoms with Gasteiger partial charge in [0.05, 0.1) is 11.5 Å². The highest BCUT2D eigenvalue weighted by Crippen LogP contribution is 2.29. The molecule has 3 N–H and O–H groups in total. The Kier molecular flexibility index (Phi) is 4.71. The van der Waals surface area contributed by atoms with Gasteiger partial charge in [-0.2, -0.15) is 0 Å². The van der Waals surface area contributed by atoms with Crippen LogP contribution in [0.2, 0.25) is 0 Å². The molecular weight excluding hydrogens is 276 g/mol. The number of carbonyl (C=O) groups is 1. The normalized spacial score (nSPS) is 16.0. The number of hydrogen-bond donors (Lipinski definition) is 2. The van der Waals surface area contributed by atoms with E-state index in [1.807, 2.05) is 4.90 Å². The number of anilines is 1. The highest BCUT2D eigenvalue weighted by molar-refractivity contribution is 5.94. The molecule has 1 heterocycles. The third-order valence-corrected chi connectivity index (χ3v) is 3.59. The van der Waals surface area contributed by atoms with E-state index in [0.717, 1.165) is 13.1 Å². The number of hydrogen-bond acceptors (Lipinski definition) is 6. The fourth-order valence-electron chi connectivity index (χ4n) is 2.44. The van der Waals surface area contributed by atoms with E-state index in [9.17, 15) is 14.9 Å². The molecule has 1 aromatic rings. The minimum atomic E-state index is -0.683. The summed E-state index contributed by atoms with van der Waals surface area (Å²) in [4.78, 5) is 25.8. The number of benzene rings is 1. The van der Waals surface area contributed by atoms with Crippen molar-refractivity contribution in [3.63, 3.8) is 0 Å². The molecule has 1 fully saturated rings. The Bertz CT molecular complexity index is 541. The van der Waals surface area contributed by atoms with Gasteiger partial charge in [0.2, 0.25) is 5.91 Å². The Balaban J connectivity index is 2.20. The lowest BCUT2D eigenvalue weighted by molar-refractivity contribution is -0.384. The lowest BCUT2D eigenvalue weighted by Crippen LogP contribution is -2.47. The number of aliphatic hydroxyl groups excluding tert-OH is 1. The summed E-state index contributed by atoms with van der Waals surface area (Å²) in [5.41, 5.74) is 5.67. The quantitative estimate of drug-likeness (QED) is 0.575. The molecule has 0 spiro atoms. The molecule has 0 bridgehead atoms. The molecule has 21 heavy (non-hydrogen) atoms. The summed E-state index contributed by atoms with van der Waals surface area (Å²) in [5.74, 6) is -0.683. The molecular formula is C13H18N4O4. The van der Waals surface area contributed by atoms with Crippen LogP contribution < -0.4 is 10.6 Å². The maximum absolute atomic E-state index is 11.2. The van der Waals surface area contributed by atoms with Crippen molar-refractivity contribution in [3.05, 3.63) is 33.9 Å². The molecule has 1 aliphatic heterocycles. The van der Waals surface area contributed by atoms with E-state index >= 15 is 0 Å². The largest absolute Gasteiger partial charge is 0.395 e. The van der Waals surface area contributed by atoms with Crippen LogP contribution in [0.1, 0.15) is 10.4 Å². The number of nitro benzene ring substituents is 1. The Hall–Kier alpha value is -2.19. The molecule has 0 aromatic heterocycles. The first-order valence-corrected chi connectivity index (χ1v) is 6.69. The van der Waals surface area contributed by atoms with Gasteiger partial charge in [-0.1, -0.05) is 0 Å². The summed E-state index contributed by atoms with van der Waals surface area (Å²) in [5, 5.41) is 20.1. The number of rotatable bonds is 5. The maximum atomic E-state index is 11.2. The molecule has 114 valence electrons. The van der Waals surface area contributed by atoms with Gasteiger partial charge in [0.15, 0.2) is 0 Å². The van der Waals surface area contributed by atoms with Crippen molar-refractivity contribution < 1.29 is 14.8 Å². The number of piperazine rings is 1. The second-order valence-electron chi connectivity index (χ2n) is 4.88. The van der Waals surface area contributed by atoms with E-state index in [1.54, 1.807) is 6.07 Å². The number of nitrogens with zero attached hydrogens (tertiary/aromatic N) is 3. The standard InChI is InChI=1S/C13H18N4O4/c14-13(19)10-1-2-11(12(9-10)17(20)21)16-5-3-15(4-6-16)7-8-18/h1-2,9,18H,3-8H2,(H2,14,19). The highest BCUT2D eigenvalue weighted by atomic mass is 16.6. The van der Waals surface area contributed by atoms with E-state index < -0.39 is 10.8 Å². The Morgan fingerprint density at radius 3 is 2.52 bits per heavy atom. The number of carbonyl (C=O) groups excluding carboxylic acids is 1. The van der Waals surface area contributed by atoms with Crippen molar-refractivity contribution in [2.45, 2.75) is 0 Å². The van der Waals surface area contributed by atoms with Crippen LogP contribution in [0.4, 0.5) is 11.4 Å². The SMILES string of the molecule is NC(=O)c1ccc(N2CCN(CCO)CC2)c([N+](=O)[O-])c1. The maximum Gasteiger partial charge on any atom is 0.293 e. The minimum Gasteiger partial charge on any atom is -0.395 e. The molecule has 0 radical (unpaired) electrons. The molecule has 1 aromatic carbocycles. The fraction of sp³-hybridized carbons (Fsp3) is 0.462. The topological polar surface area (TPSA) is 113 Å². The first kappa shape index (κ1) is 15.2. The Morgan fingerprint density at radius 2 is 2.00 bits per heavy atom. The van der Waals surface area contributed by atoms with Crippen LogP contribution in [0, 0.1) is 10.1 Å². The molecule has 1 aliphatic rings. The summed E-state index contributed by atoms with van der Waals surface area (Å²) >= 11 is 0. The Labute approximate surface area is 121 Å². The molecule has 1 amide bonds. The molecule has 8 heteroatoms. The predicted octanol–water partition coefficient (Wildman–Crippen LogP) is -0.192. The van der Waals surface area contributed by atoms with Crippen LogP contribution in [-0.4, -0.2) is 60.2 Å². The summed E-state index contributed by atoms with van der Waals surface area (Å²) < 4.78 is 0. The molecule has 0 unspecified atom stereocenters. The molecule has 0 aliphatic carbocycles. The van der Waals surface area contributed by atoms with Gasteiger partial charge >= 0.3 is 0 Å². The zero-order chi connectivity index (χ0) is 15.4. The Morgan fingerprint density at radius 1 is 1.33 bits per heavy atom. The van der Waals surface area contributed by atoms with E-state index in [0.29, 0.717) is 25.3 Å². The van der Waals surface area contributed by atoms with Gasteiger partial charge in [-0.3, -0.25) is 19.8 Å². The van der Waals surface area contributed by atoms with Crippen molar-refractivity contribution in [3.8, 4) is 0 Å². The van der Waals surface area contributed by atoms with Crippen molar-refractivity contribution >= 4 is 17.3 Å². The number of aliphatic hydroxyl groups is 1. The van der Waals surface area contributed by atoms with Crippen LogP contribution in [0.3, 0.4) is 0 Å². The zero-order valence-electron chi connectivity index (χ0n) is 11.6. The predicted molar refractivity (Wildman–Crippen MR) is 77.4 cm³/mol. The number of β-amino-alcohol motifs (C(OH)–C–C–N with tert-alkyl or cyclic N) is 1. The lowest BCUT2D eigenvalue weighted by atomic mass is 10.1. The molecule has 0 atom stereocenters. The summed E-state index contributed by atoms with van der Waals surface area (Å²) in [7, 11) is 0. The highest BCUT2D eigenvalue weighted by Gasteiger charge is 2.24. The van der Waals surface area contributed by atoms with Crippen molar-refractivity contribution in [2.75, 3.05) is 44.2 Å².